The van der Waals surface area contributed by atoms with Crippen molar-refractivity contribution in [2.75, 3.05) is 0 Å². The van der Waals surface area contributed by atoms with Crippen LogP contribution in [0.25, 0.3) is 22.8 Å². The zero-order valence-corrected chi connectivity index (χ0v) is 30.2. The van der Waals surface area contributed by atoms with Crippen LogP contribution in [-0.4, -0.2) is 48.5 Å². The van der Waals surface area contributed by atoms with E-state index in [1.54, 1.807) is 54.8 Å². The molecule has 2 N–H and O–H groups in total. The van der Waals surface area contributed by atoms with Crippen LogP contribution in [-0.2, 0) is 0 Å². The molecule has 2 amide bonds. The van der Waals surface area contributed by atoms with E-state index in [-0.39, 0.29) is 11.8 Å². The predicted octanol–water partition coefficient (Wildman–Crippen LogP) is 5.23. The summed E-state index contributed by atoms with van der Waals surface area (Å²) in [6.07, 6.45) is 10.5. The van der Waals surface area contributed by atoms with Crippen LogP contribution in [0.4, 0.5) is 11.4 Å². The minimum atomic E-state index is -0.740. The third-order valence-electron chi connectivity index (χ3n) is 7.20. The van der Waals surface area contributed by atoms with Gasteiger partial charge in [0.25, 0.3) is 11.8 Å². The standard InChI is InChI=1S/C28H22N6O2.2C6H5.Pb/c35-27(21-7-3-1-4-8-21)33-29-17-23-15-13-19-11-12-20-14-16-24(32-26(20)25(19)31-23)18-30-34-28(36)22-9-5-2-6-10-22;2*1-2-4-6-5-3-1;/h1-18H,(H4,29,30,31,32,33,34,35,36);2*1-5H;/q;;;+2/p-2. The third kappa shape index (κ3) is 9.36. The van der Waals surface area contributed by atoms with E-state index < -0.39 is 24.2 Å². The van der Waals surface area contributed by atoms with Gasteiger partial charge in [-0.1, -0.05) is 72.8 Å². The zero-order valence-electron chi connectivity index (χ0n) is 26.3. The van der Waals surface area contributed by atoms with Crippen LogP contribution in [0.15, 0.2) is 167 Å². The summed E-state index contributed by atoms with van der Waals surface area (Å²) in [7, 11) is 0. The molecule has 0 radical (unpaired) electrons. The molecule has 5 aromatic rings. The molecule has 7 rings (SSSR count). The van der Waals surface area contributed by atoms with E-state index in [1.165, 1.54) is 12.4 Å². The number of benzene rings is 5. The van der Waals surface area contributed by atoms with Crippen molar-refractivity contribution in [2.45, 2.75) is 0 Å². The molecule has 0 atom stereocenters. The molecule has 8 nitrogen and oxygen atoms in total. The van der Waals surface area contributed by atoms with Gasteiger partial charge in [0.2, 0.25) is 0 Å². The van der Waals surface area contributed by atoms with Gasteiger partial charge in [-0.05, 0) is 34.7 Å². The van der Waals surface area contributed by atoms with Crippen LogP contribution < -0.4 is 27.5 Å². The summed E-state index contributed by atoms with van der Waals surface area (Å²) in [5.41, 5.74) is 8.57. The van der Waals surface area contributed by atoms with Gasteiger partial charge < -0.3 is 10.6 Å². The number of nitrogens with zero attached hydrogens (tertiary/aromatic N) is 4. The maximum atomic E-state index is 12.2. The van der Waals surface area contributed by atoms with E-state index in [2.05, 4.69) is 92.4 Å². The average molecular weight is 834 g/mol. The quantitative estimate of drug-likeness (QED) is 0.127. The molecule has 2 aliphatic heterocycles. The fourth-order valence-electron chi connectivity index (χ4n) is 4.77. The molecule has 0 unspecified atom stereocenters. The molecule has 49 heavy (non-hydrogen) atoms. The molecular formula is C40H30N6O2Pb. The first kappa shape index (κ1) is 33.0. The van der Waals surface area contributed by atoms with E-state index in [0.29, 0.717) is 33.9 Å². The van der Waals surface area contributed by atoms with Gasteiger partial charge in [0, 0.05) is 23.6 Å². The van der Waals surface area contributed by atoms with Gasteiger partial charge in [0.05, 0.1) is 0 Å². The van der Waals surface area contributed by atoms with Crippen molar-refractivity contribution in [1.29, 1.82) is 0 Å². The minimum absolute atomic E-state index is 0.303. The number of hydrogen-bond acceptors (Lipinski definition) is 4. The Morgan fingerprint density at radius 2 is 0.857 bits per heavy atom. The monoisotopic (exact) mass is 834 g/mol. The fourth-order valence-corrected chi connectivity index (χ4v) is 8.86. The summed E-state index contributed by atoms with van der Waals surface area (Å²) in [5, 5.41) is 19.3. The summed E-state index contributed by atoms with van der Waals surface area (Å²) < 4.78 is 3.13. The molecule has 9 heteroatoms. The number of amides is 2. The Morgan fingerprint density at radius 1 is 0.490 bits per heavy atom. The molecule has 0 aromatic heterocycles. The number of hydrogen-bond donors (Lipinski definition) is 2. The first-order valence-electron chi connectivity index (χ1n) is 15.5. The van der Waals surface area contributed by atoms with Crippen LogP contribution in [0, 0.1) is 0 Å². The van der Waals surface area contributed by atoms with Crippen LogP contribution in [0.2, 0.25) is 0 Å². The first-order chi connectivity index (χ1) is 24.1. The Morgan fingerprint density at radius 3 is 1.24 bits per heavy atom. The first-order valence-corrected chi connectivity index (χ1v) is 19.4. The van der Waals surface area contributed by atoms with Crippen LogP contribution in [0.5, 0.6) is 0 Å². The van der Waals surface area contributed by atoms with Crippen molar-refractivity contribution >= 4 is 78.3 Å². The second kappa shape index (κ2) is 16.8. The van der Waals surface area contributed by atoms with Crippen molar-refractivity contribution in [2.24, 2.45) is 10.2 Å². The normalized spacial score (nSPS) is 12.5. The van der Waals surface area contributed by atoms with Gasteiger partial charge in [0.15, 0.2) is 0 Å². The number of allylic oxidation sites excluding steroid dienone is 4. The van der Waals surface area contributed by atoms with Gasteiger partial charge >= 0.3 is 91.1 Å². The zero-order chi connectivity index (χ0) is 33.7. The summed E-state index contributed by atoms with van der Waals surface area (Å²) >= 11 is -0.740. The molecule has 0 fully saturated rings. The van der Waals surface area contributed by atoms with Crippen molar-refractivity contribution < 1.29 is 9.59 Å². The summed E-state index contributed by atoms with van der Waals surface area (Å²) in [5.74, 6) is -0.605. The molecular weight excluding hydrogens is 804 g/mol. The molecule has 2 aliphatic rings. The van der Waals surface area contributed by atoms with E-state index in [9.17, 15) is 9.59 Å². The molecule has 0 saturated carbocycles. The van der Waals surface area contributed by atoms with E-state index >= 15 is 0 Å². The second-order valence-electron chi connectivity index (χ2n) is 10.7. The van der Waals surface area contributed by atoms with E-state index in [4.69, 9.17) is 0 Å². The van der Waals surface area contributed by atoms with Crippen molar-refractivity contribution in [1.82, 2.24) is 10.9 Å². The molecule has 0 spiro atoms. The number of fused-ring (bicyclic) bond motifs is 3. The molecule has 0 aliphatic carbocycles. The summed E-state index contributed by atoms with van der Waals surface area (Å²) in [4.78, 5) is 24.3. The molecule has 236 valence electrons. The predicted molar refractivity (Wildman–Crippen MR) is 200 cm³/mol. The van der Waals surface area contributed by atoms with Crippen LogP contribution >= 0.6 is 0 Å². The summed E-state index contributed by atoms with van der Waals surface area (Å²) in [6, 6.07) is 43.3. The molecule has 2 heterocycles. The van der Waals surface area contributed by atoms with Crippen molar-refractivity contribution in [3.63, 3.8) is 0 Å². The molecule has 0 saturated heterocycles. The third-order valence-corrected chi connectivity index (χ3v) is 12.0. The Bertz CT molecular complexity index is 2010. The Hall–Kier alpha value is -5.88. The van der Waals surface area contributed by atoms with Crippen LogP contribution in [0.1, 0.15) is 20.7 Å². The fraction of sp³-hybridized carbons (Fsp3) is 0. The van der Waals surface area contributed by atoms with E-state index in [0.717, 1.165) is 10.4 Å². The Kier molecular flexibility index (Phi) is 11.3. The van der Waals surface area contributed by atoms with Gasteiger partial charge in [-0.25, -0.2) is 10.9 Å². The van der Waals surface area contributed by atoms with E-state index in [1.807, 2.05) is 48.6 Å². The SMILES string of the molecule is O=C(NN=CC1=CC=c2ccc3c(c2[N-]1)[N-]C(C=NNC(=O)c1ccccc1)=CC=3)c1ccccc1.c1cc[c]([Pb+2][c]2ccccc2)cc1. The van der Waals surface area contributed by atoms with Gasteiger partial charge in [0.1, 0.15) is 0 Å². The number of rotatable bonds is 8. The average Bonchev–Trinajstić information content (AvgIpc) is 3.16. The number of nitrogens with one attached hydrogen (secondary N) is 2. The Labute approximate surface area is 296 Å². The second-order valence-corrected chi connectivity index (χ2v) is 16.1. The number of hydrazone groups is 2. The number of carbonyl (C=O) groups is 2. The molecule has 0 bridgehead atoms. The van der Waals surface area contributed by atoms with Crippen molar-refractivity contribution in [3.8, 4) is 0 Å². The van der Waals surface area contributed by atoms with Crippen molar-refractivity contribution in [3.05, 3.63) is 189 Å². The van der Waals surface area contributed by atoms with Gasteiger partial charge in [-0.3, -0.25) is 9.59 Å². The summed E-state index contributed by atoms with van der Waals surface area (Å²) in [6.45, 7) is 0. The van der Waals surface area contributed by atoms with Gasteiger partial charge in [-0.15, -0.1) is 22.8 Å². The van der Waals surface area contributed by atoms with Crippen LogP contribution in [0.3, 0.4) is 0 Å². The topological polar surface area (TPSA) is 111 Å². The molecule has 5 aromatic carbocycles. The van der Waals surface area contributed by atoms with Gasteiger partial charge in [-0.2, -0.15) is 10.2 Å². The number of carbonyl (C=O) groups excluding carboxylic acids is 2. The Balaban J connectivity index is 0.000000267. The maximum absolute atomic E-state index is 12.2.